The smallest absolute Gasteiger partial charge is 0.463 e. The molecule has 0 aromatic rings. The molecule has 0 amide bonds. The highest BCUT2D eigenvalue weighted by atomic mass is 31.2. The lowest BCUT2D eigenvalue weighted by molar-refractivity contribution is -0.161. The van der Waals surface area contributed by atoms with E-state index in [-0.39, 0.29) is 19.3 Å². The average molecular weight is 1790 g/mol. The summed E-state index contributed by atoms with van der Waals surface area (Å²) in [5.74, 6) is -1.57. The Hall–Kier alpha value is -5.35. The van der Waals surface area contributed by atoms with Gasteiger partial charge >= 0.3 is 33.6 Å². The van der Waals surface area contributed by atoms with Gasteiger partial charge in [-0.05, 0) is 161 Å². The second-order valence-corrected chi connectivity index (χ2v) is 36.1. The number of rotatable bonds is 94. The molecule has 18 heteroatoms. The van der Waals surface area contributed by atoms with E-state index in [4.69, 9.17) is 32.3 Å². The van der Waals surface area contributed by atoms with Gasteiger partial charge in [0.05, 0.1) is 26.4 Å². The molecule has 5 unspecified atom stereocenters. The molecule has 716 valence electrons. The molecule has 0 saturated carbocycles. The Morgan fingerprint density at radius 2 is 0.424 bits per heavy atom. The molecule has 0 aliphatic heterocycles. The van der Waals surface area contributed by atoms with Crippen LogP contribution in [0.25, 0.3) is 0 Å². The standard InChI is InChI=1S/C107H182O16P2/c1-4-7-10-13-16-19-22-25-28-31-34-37-40-43-45-47-48-49-50-51-52-54-56-58-60-63-66-69-72-75-78-81-84-87-90-93-105(110)117-96-102(108)97-119-124(113,114)120-98-103(109)99-121-125(115,116)122-101-104(123-107(112)95-92-89-86-83-80-77-74-71-68-65-62-57-42-39-36-33-30-27-24-21-18-15-12-9-6-3)100-118-106(111)94-91-88-85-82-79-76-73-70-67-64-61-59-55-53-46-44-41-38-35-32-29-26-23-20-17-14-11-8-5-2/h7,9-10,12,16-21,25-30,34-39,43-46,48-49,57,62,102-104,108-109H,4-6,8,11,13-15,22-24,31-33,40-42,47,50-56,58-61,63-101H2,1-3H3,(H,113,114)(H,115,116)/b10-7-,12-9-,19-16-,20-17-,21-18-,28-25-,29-26-,30-27-,37-34-,38-35-,39-36-,45-43-,46-44-,49-48-,62-57-. The largest absolute Gasteiger partial charge is 0.472 e. The van der Waals surface area contributed by atoms with Crippen molar-refractivity contribution in [2.45, 2.75) is 437 Å². The quantitative estimate of drug-likeness (QED) is 0.0146. The molecule has 4 N–H and O–H groups in total. The van der Waals surface area contributed by atoms with E-state index in [1.54, 1.807) is 0 Å². The first-order valence-corrected chi connectivity index (χ1v) is 53.1. The fraction of sp³-hybridized carbons (Fsp3) is 0.692. The van der Waals surface area contributed by atoms with Crippen LogP contribution in [0.2, 0.25) is 0 Å². The van der Waals surface area contributed by atoms with Crippen molar-refractivity contribution in [3.63, 3.8) is 0 Å². The maximum Gasteiger partial charge on any atom is 0.472 e. The van der Waals surface area contributed by atoms with Gasteiger partial charge in [-0.1, -0.05) is 421 Å². The first-order valence-electron chi connectivity index (χ1n) is 50.1. The van der Waals surface area contributed by atoms with Crippen LogP contribution in [0.5, 0.6) is 0 Å². The van der Waals surface area contributed by atoms with E-state index in [1.807, 2.05) is 0 Å². The van der Waals surface area contributed by atoms with E-state index in [0.717, 1.165) is 173 Å². The summed E-state index contributed by atoms with van der Waals surface area (Å²) < 4.78 is 61.7. The average Bonchev–Trinajstić information content (AvgIpc) is 0.897. The van der Waals surface area contributed by atoms with Gasteiger partial charge in [0.1, 0.15) is 25.4 Å². The molecule has 0 aromatic heterocycles. The van der Waals surface area contributed by atoms with Gasteiger partial charge in [-0.25, -0.2) is 9.13 Å². The Balaban J connectivity index is 4.58. The van der Waals surface area contributed by atoms with Gasteiger partial charge in [-0.2, -0.15) is 0 Å². The maximum absolute atomic E-state index is 13.1. The van der Waals surface area contributed by atoms with Crippen molar-refractivity contribution in [2.24, 2.45) is 0 Å². The Bertz CT molecular complexity index is 3000. The molecule has 0 saturated heterocycles. The number of esters is 3. The van der Waals surface area contributed by atoms with Crippen LogP contribution in [0.4, 0.5) is 0 Å². The summed E-state index contributed by atoms with van der Waals surface area (Å²) in [6, 6.07) is 0. The highest BCUT2D eigenvalue weighted by Gasteiger charge is 2.30. The van der Waals surface area contributed by atoms with Crippen LogP contribution < -0.4 is 0 Å². The molecule has 0 spiro atoms. The zero-order chi connectivity index (χ0) is 90.7. The van der Waals surface area contributed by atoms with Crippen LogP contribution in [0.3, 0.4) is 0 Å². The minimum absolute atomic E-state index is 0.0930. The normalized spacial score (nSPS) is 14.5. The van der Waals surface area contributed by atoms with E-state index in [0.29, 0.717) is 19.3 Å². The summed E-state index contributed by atoms with van der Waals surface area (Å²) >= 11 is 0. The third-order valence-corrected chi connectivity index (χ3v) is 23.0. The van der Waals surface area contributed by atoms with E-state index >= 15 is 0 Å². The van der Waals surface area contributed by atoms with Crippen LogP contribution in [0.1, 0.15) is 419 Å². The highest BCUT2D eigenvalue weighted by molar-refractivity contribution is 7.47. The van der Waals surface area contributed by atoms with Gasteiger partial charge in [0.2, 0.25) is 0 Å². The summed E-state index contributed by atoms with van der Waals surface area (Å²) in [7, 11) is -9.82. The number of ether oxygens (including phenoxy) is 3. The van der Waals surface area contributed by atoms with E-state index in [9.17, 15) is 43.5 Å². The number of hydrogen-bond donors (Lipinski definition) is 4. The van der Waals surface area contributed by atoms with Gasteiger partial charge in [0.25, 0.3) is 0 Å². The molecule has 16 nitrogen and oxygen atoms in total. The van der Waals surface area contributed by atoms with E-state index in [2.05, 4.69) is 203 Å². The minimum Gasteiger partial charge on any atom is -0.463 e. The van der Waals surface area contributed by atoms with Crippen molar-refractivity contribution in [2.75, 3.05) is 39.6 Å². The Morgan fingerprint density at radius 1 is 0.232 bits per heavy atom. The number of carbonyl (C=O) groups excluding carboxylic acids is 3. The predicted octanol–water partition coefficient (Wildman–Crippen LogP) is 31.6. The van der Waals surface area contributed by atoms with Gasteiger partial charge < -0.3 is 34.2 Å². The van der Waals surface area contributed by atoms with Gasteiger partial charge in [0, 0.05) is 19.3 Å². The SMILES string of the molecule is CC/C=C\C/C=C\C/C=C\C/C=C\C/C=C\C/C=C\CCCCCCCCCCCCCCCCCCC(=O)OCC(O)COP(=O)(O)OCC(O)COP(=O)(O)OCC(COC(=O)CCCCCCCCCCCCCCC/C=C\C/C=C\C/C=C\C/C=C\CCCCC)OC(=O)CCCCCCCCCCC/C=C\C/C=C\C/C=C\C/C=C\C/C=C\CC. The molecule has 0 aliphatic carbocycles. The molecule has 0 aliphatic rings. The summed E-state index contributed by atoms with van der Waals surface area (Å²) in [5, 5.41) is 20.8. The Morgan fingerprint density at radius 3 is 0.672 bits per heavy atom. The van der Waals surface area contributed by atoms with Crippen molar-refractivity contribution in [3.8, 4) is 0 Å². The molecule has 125 heavy (non-hydrogen) atoms. The molecule has 0 heterocycles. The number of phosphoric acid groups is 2. The number of phosphoric ester groups is 2. The van der Waals surface area contributed by atoms with E-state index < -0.39 is 91.5 Å². The molecule has 0 fully saturated rings. The number of aliphatic hydroxyl groups excluding tert-OH is 2. The van der Waals surface area contributed by atoms with Gasteiger partial charge in [0.15, 0.2) is 6.10 Å². The molecule has 0 aromatic carbocycles. The topological polar surface area (TPSA) is 231 Å². The first-order chi connectivity index (χ1) is 61.2. The van der Waals surface area contributed by atoms with Gasteiger partial charge in [-0.3, -0.25) is 32.5 Å². The van der Waals surface area contributed by atoms with Crippen LogP contribution in [-0.2, 0) is 55.8 Å². The number of hydrogen-bond acceptors (Lipinski definition) is 14. The lowest BCUT2D eigenvalue weighted by Gasteiger charge is -2.21. The molecular weight excluding hydrogens is 1600 g/mol. The fourth-order valence-electron chi connectivity index (χ4n) is 13.6. The van der Waals surface area contributed by atoms with Crippen molar-refractivity contribution in [3.05, 3.63) is 182 Å². The molecule has 0 bridgehead atoms. The lowest BCUT2D eigenvalue weighted by Crippen LogP contribution is -2.30. The van der Waals surface area contributed by atoms with E-state index in [1.165, 1.54) is 186 Å². The first kappa shape index (κ1) is 120. The second kappa shape index (κ2) is 97.7. The number of unbranched alkanes of at least 4 members (excludes halogenated alkanes) is 41. The number of aliphatic hydroxyl groups is 2. The fourth-order valence-corrected chi connectivity index (χ4v) is 15.2. The van der Waals surface area contributed by atoms with Crippen LogP contribution in [0, 0.1) is 0 Å². The highest BCUT2D eigenvalue weighted by Crippen LogP contribution is 2.45. The van der Waals surface area contributed by atoms with Crippen molar-refractivity contribution >= 4 is 33.6 Å². The molecule has 5 atom stereocenters. The summed E-state index contributed by atoms with van der Waals surface area (Å²) in [6.45, 7) is 2.48. The third-order valence-electron chi connectivity index (χ3n) is 21.1. The van der Waals surface area contributed by atoms with Crippen molar-refractivity contribution in [1.29, 1.82) is 0 Å². The van der Waals surface area contributed by atoms with Crippen molar-refractivity contribution in [1.82, 2.24) is 0 Å². The summed E-state index contributed by atoms with van der Waals surface area (Å²) in [4.78, 5) is 59.2. The number of allylic oxidation sites excluding steroid dienone is 30. The molecule has 0 radical (unpaired) electrons. The lowest BCUT2D eigenvalue weighted by atomic mass is 10.0. The third kappa shape index (κ3) is 99.1. The van der Waals surface area contributed by atoms with Gasteiger partial charge in [-0.15, -0.1) is 0 Å². The Labute approximate surface area is 764 Å². The molecule has 0 rings (SSSR count). The Kier molecular flexibility index (Phi) is 93.5. The predicted molar refractivity (Wildman–Crippen MR) is 528 cm³/mol. The van der Waals surface area contributed by atoms with Crippen molar-refractivity contribution < 1.29 is 75.8 Å². The second-order valence-electron chi connectivity index (χ2n) is 33.2. The zero-order valence-corrected chi connectivity index (χ0v) is 81.0. The monoisotopic (exact) mass is 1790 g/mol. The number of carbonyl (C=O) groups is 3. The summed E-state index contributed by atoms with van der Waals surface area (Å²) in [6.07, 6.45) is 129. The zero-order valence-electron chi connectivity index (χ0n) is 79.2. The van der Waals surface area contributed by atoms with Crippen LogP contribution in [0.15, 0.2) is 182 Å². The van der Waals surface area contributed by atoms with Crippen LogP contribution >= 0.6 is 15.6 Å². The minimum atomic E-state index is -4.95. The van der Waals surface area contributed by atoms with Crippen LogP contribution in [-0.4, -0.2) is 95.9 Å². The molecular formula is C107H182O16P2. The summed E-state index contributed by atoms with van der Waals surface area (Å²) in [5.41, 5.74) is 0. The maximum atomic E-state index is 13.1.